The van der Waals surface area contributed by atoms with Gasteiger partial charge in [0.05, 0.1) is 6.61 Å². The molecule has 3 rings (SSSR count). The highest BCUT2D eigenvalue weighted by atomic mass is 16.5. The quantitative estimate of drug-likeness (QED) is 0.814. The van der Waals surface area contributed by atoms with Crippen LogP contribution in [0.25, 0.3) is 0 Å². The Hall–Kier alpha value is -2.62. The summed E-state index contributed by atoms with van der Waals surface area (Å²) in [4.78, 5) is 26.7. The van der Waals surface area contributed by atoms with Crippen LogP contribution in [-0.2, 0) is 16.1 Å². The number of esters is 1. The zero-order valence-corrected chi connectivity index (χ0v) is 13.3. The molecule has 0 aliphatic carbocycles. The van der Waals surface area contributed by atoms with Gasteiger partial charge >= 0.3 is 5.97 Å². The molecule has 0 fully saturated rings. The number of nitrogens with zero attached hydrogens (tertiary/aromatic N) is 1. The first kappa shape index (κ1) is 15.3. The van der Waals surface area contributed by atoms with Crippen molar-refractivity contribution in [2.75, 3.05) is 6.61 Å². The summed E-state index contributed by atoms with van der Waals surface area (Å²) >= 11 is 0. The minimum atomic E-state index is -0.667. The molecule has 0 bridgehead atoms. The number of benzene rings is 2. The molecule has 0 N–H and O–H groups in total. The van der Waals surface area contributed by atoms with Crippen LogP contribution < -0.4 is 0 Å². The molecule has 0 radical (unpaired) electrons. The van der Waals surface area contributed by atoms with Crippen molar-refractivity contribution in [3.8, 4) is 0 Å². The number of amides is 1. The summed E-state index contributed by atoms with van der Waals surface area (Å²) in [6, 6.07) is 14.5. The second-order valence-electron chi connectivity index (χ2n) is 5.66. The van der Waals surface area contributed by atoms with Crippen LogP contribution in [0.15, 0.2) is 48.5 Å². The Morgan fingerprint density at radius 3 is 2.52 bits per heavy atom. The summed E-state index contributed by atoms with van der Waals surface area (Å²) < 4.78 is 5.19. The van der Waals surface area contributed by atoms with Gasteiger partial charge in [0.1, 0.15) is 0 Å². The number of hydrogen-bond acceptors (Lipinski definition) is 3. The first-order valence-corrected chi connectivity index (χ1v) is 7.74. The molecule has 1 unspecified atom stereocenters. The summed E-state index contributed by atoms with van der Waals surface area (Å²) in [6.07, 6.45) is 0. The van der Waals surface area contributed by atoms with E-state index in [0.717, 1.165) is 16.7 Å². The van der Waals surface area contributed by atoms with Gasteiger partial charge in [0.15, 0.2) is 6.04 Å². The summed E-state index contributed by atoms with van der Waals surface area (Å²) in [6.45, 7) is 4.47. The summed E-state index contributed by atoms with van der Waals surface area (Å²) in [5.41, 5.74) is 3.46. The van der Waals surface area contributed by atoms with Crippen LogP contribution in [0.3, 0.4) is 0 Å². The van der Waals surface area contributed by atoms with Gasteiger partial charge in [0.2, 0.25) is 0 Å². The first-order chi connectivity index (χ1) is 11.1. The van der Waals surface area contributed by atoms with E-state index in [1.807, 2.05) is 49.4 Å². The van der Waals surface area contributed by atoms with Crippen LogP contribution in [0.4, 0.5) is 0 Å². The number of rotatable bonds is 4. The van der Waals surface area contributed by atoms with Crippen LogP contribution in [0.5, 0.6) is 0 Å². The largest absolute Gasteiger partial charge is 0.464 e. The Bertz CT molecular complexity index is 737. The van der Waals surface area contributed by atoms with Crippen LogP contribution in [0, 0.1) is 6.92 Å². The van der Waals surface area contributed by atoms with Gasteiger partial charge in [-0.3, -0.25) is 4.79 Å². The van der Waals surface area contributed by atoms with Crippen molar-refractivity contribution in [1.82, 2.24) is 4.90 Å². The molecule has 4 heteroatoms. The van der Waals surface area contributed by atoms with Gasteiger partial charge in [-0.15, -0.1) is 0 Å². The van der Waals surface area contributed by atoms with E-state index in [2.05, 4.69) is 0 Å². The molecule has 2 aromatic rings. The molecule has 0 saturated carbocycles. The second-order valence-corrected chi connectivity index (χ2v) is 5.66. The number of carbonyl (C=O) groups is 2. The monoisotopic (exact) mass is 309 g/mol. The Labute approximate surface area is 135 Å². The highest BCUT2D eigenvalue weighted by Crippen LogP contribution is 2.35. The second kappa shape index (κ2) is 6.24. The number of hydrogen-bond donors (Lipinski definition) is 0. The molecule has 1 amide bonds. The summed E-state index contributed by atoms with van der Waals surface area (Å²) in [5.74, 6) is -0.503. The van der Waals surface area contributed by atoms with Crippen LogP contribution in [-0.4, -0.2) is 23.4 Å². The maximum atomic E-state index is 12.7. The minimum absolute atomic E-state index is 0.126. The molecule has 4 nitrogen and oxygen atoms in total. The molecule has 1 atom stereocenters. The standard InChI is InChI=1S/C19H19NO3/c1-3-23-19(22)17-15-6-4-5-7-16(15)18(21)20(17)12-14-10-8-13(2)9-11-14/h4-11,17H,3,12H2,1-2H3. The lowest BCUT2D eigenvalue weighted by atomic mass is 10.0. The van der Waals surface area contributed by atoms with Crippen molar-refractivity contribution < 1.29 is 14.3 Å². The molecule has 1 aliphatic heterocycles. The van der Waals surface area contributed by atoms with Crippen molar-refractivity contribution in [3.05, 3.63) is 70.8 Å². The van der Waals surface area contributed by atoms with Crippen molar-refractivity contribution in [1.29, 1.82) is 0 Å². The fraction of sp³-hybridized carbons (Fsp3) is 0.263. The lowest BCUT2D eigenvalue weighted by Gasteiger charge is -2.24. The highest BCUT2D eigenvalue weighted by molar-refractivity contribution is 6.03. The van der Waals surface area contributed by atoms with Crippen molar-refractivity contribution >= 4 is 11.9 Å². The molecule has 23 heavy (non-hydrogen) atoms. The number of aryl methyl sites for hydroxylation is 1. The fourth-order valence-corrected chi connectivity index (χ4v) is 2.90. The average molecular weight is 309 g/mol. The minimum Gasteiger partial charge on any atom is -0.464 e. The van der Waals surface area contributed by atoms with Crippen molar-refractivity contribution in [3.63, 3.8) is 0 Å². The SMILES string of the molecule is CCOC(=O)C1c2ccccc2C(=O)N1Cc1ccc(C)cc1. The molecule has 0 aromatic heterocycles. The zero-order valence-electron chi connectivity index (χ0n) is 13.3. The Morgan fingerprint density at radius 2 is 1.83 bits per heavy atom. The van der Waals surface area contributed by atoms with Crippen LogP contribution in [0.2, 0.25) is 0 Å². The molecule has 118 valence electrons. The van der Waals surface area contributed by atoms with Gasteiger partial charge < -0.3 is 9.64 Å². The molecule has 1 aliphatic rings. The summed E-state index contributed by atoms with van der Waals surface area (Å²) in [5, 5.41) is 0. The van der Waals surface area contributed by atoms with Crippen LogP contribution in [0.1, 0.15) is 40.0 Å². The molecule has 2 aromatic carbocycles. The van der Waals surface area contributed by atoms with E-state index < -0.39 is 6.04 Å². The van der Waals surface area contributed by atoms with Crippen molar-refractivity contribution in [2.45, 2.75) is 26.4 Å². The maximum Gasteiger partial charge on any atom is 0.333 e. The van der Waals surface area contributed by atoms with Gasteiger partial charge in [0, 0.05) is 12.1 Å². The number of fused-ring (bicyclic) bond motifs is 1. The molecular weight excluding hydrogens is 290 g/mol. The molecular formula is C19H19NO3. The molecule has 0 spiro atoms. The van der Waals surface area contributed by atoms with E-state index >= 15 is 0 Å². The van der Waals surface area contributed by atoms with E-state index in [-0.39, 0.29) is 11.9 Å². The number of carbonyl (C=O) groups excluding carboxylic acids is 2. The third-order valence-corrected chi connectivity index (χ3v) is 4.04. The van der Waals surface area contributed by atoms with E-state index in [0.29, 0.717) is 18.7 Å². The van der Waals surface area contributed by atoms with Gasteiger partial charge in [-0.2, -0.15) is 0 Å². The average Bonchev–Trinajstić information content (AvgIpc) is 2.83. The van der Waals surface area contributed by atoms with Crippen LogP contribution >= 0.6 is 0 Å². The maximum absolute atomic E-state index is 12.7. The zero-order chi connectivity index (χ0) is 16.4. The predicted molar refractivity (Wildman–Crippen MR) is 86.9 cm³/mol. The van der Waals surface area contributed by atoms with E-state index in [1.165, 1.54) is 0 Å². The summed E-state index contributed by atoms with van der Waals surface area (Å²) in [7, 11) is 0. The molecule has 1 heterocycles. The Balaban J connectivity index is 1.95. The predicted octanol–water partition coefficient (Wildman–Crippen LogP) is 3.26. The van der Waals surface area contributed by atoms with Crippen molar-refractivity contribution in [2.24, 2.45) is 0 Å². The lowest BCUT2D eigenvalue weighted by Crippen LogP contribution is -2.33. The topological polar surface area (TPSA) is 46.6 Å². The van der Waals surface area contributed by atoms with E-state index in [1.54, 1.807) is 17.9 Å². The van der Waals surface area contributed by atoms with E-state index in [9.17, 15) is 9.59 Å². The smallest absolute Gasteiger partial charge is 0.333 e. The third-order valence-electron chi connectivity index (χ3n) is 4.04. The Morgan fingerprint density at radius 1 is 1.13 bits per heavy atom. The van der Waals surface area contributed by atoms with Gasteiger partial charge in [-0.25, -0.2) is 4.79 Å². The van der Waals surface area contributed by atoms with Gasteiger partial charge in [-0.05, 0) is 31.0 Å². The fourth-order valence-electron chi connectivity index (χ4n) is 2.90. The normalized spacial score (nSPS) is 16.3. The molecule has 0 saturated heterocycles. The first-order valence-electron chi connectivity index (χ1n) is 7.74. The highest BCUT2D eigenvalue weighted by Gasteiger charge is 2.41. The van der Waals surface area contributed by atoms with Gasteiger partial charge in [0.25, 0.3) is 5.91 Å². The van der Waals surface area contributed by atoms with Gasteiger partial charge in [-0.1, -0.05) is 48.0 Å². The lowest BCUT2D eigenvalue weighted by molar-refractivity contribution is -0.148. The Kier molecular flexibility index (Phi) is 4.15. The van der Waals surface area contributed by atoms with E-state index in [4.69, 9.17) is 4.74 Å². The third kappa shape index (κ3) is 2.84. The number of ether oxygens (including phenoxy) is 1.